The molecule has 6 heteroatoms. The number of nitriles is 1. The van der Waals surface area contributed by atoms with Crippen LogP contribution in [0.15, 0.2) is 78.4 Å². The van der Waals surface area contributed by atoms with Crippen LogP contribution in [0, 0.1) is 18.3 Å². The van der Waals surface area contributed by atoms with Gasteiger partial charge in [0.15, 0.2) is 0 Å². The molecule has 0 radical (unpaired) electrons. The zero-order valence-corrected chi connectivity index (χ0v) is 16.1. The maximum absolute atomic E-state index is 12.3. The minimum Gasteiger partial charge on any atom is -0.506 e. The number of benzene rings is 3. The number of ether oxygens (including phenoxy) is 1. The Morgan fingerprint density at radius 3 is 2.30 bits per heavy atom. The number of phenols is 1. The summed E-state index contributed by atoms with van der Waals surface area (Å²) in [5.41, 5.74) is 2.14. The summed E-state index contributed by atoms with van der Waals surface area (Å²) in [7, 11) is 0. The van der Waals surface area contributed by atoms with Gasteiger partial charge in [-0.05, 0) is 55.0 Å². The van der Waals surface area contributed by atoms with Crippen molar-refractivity contribution in [3.63, 3.8) is 0 Å². The van der Waals surface area contributed by atoms with E-state index in [4.69, 9.17) is 4.74 Å². The van der Waals surface area contributed by atoms with Crippen LogP contribution in [0.5, 0.6) is 11.5 Å². The van der Waals surface area contributed by atoms with E-state index in [0.717, 1.165) is 5.56 Å². The fraction of sp³-hybridized carbons (Fsp3) is 0.0417. The second kappa shape index (κ2) is 9.22. The maximum Gasteiger partial charge on any atom is 0.343 e. The average Bonchev–Trinajstić information content (AvgIpc) is 2.75. The van der Waals surface area contributed by atoms with E-state index in [0.29, 0.717) is 16.9 Å². The molecule has 0 aliphatic rings. The van der Waals surface area contributed by atoms with E-state index in [2.05, 4.69) is 5.32 Å². The maximum atomic E-state index is 12.3. The first-order valence-electron chi connectivity index (χ1n) is 9.06. The number of para-hydroxylation sites is 2. The lowest BCUT2D eigenvalue weighted by Gasteiger charge is -2.07. The van der Waals surface area contributed by atoms with Crippen LogP contribution in [0.4, 0.5) is 5.69 Å². The summed E-state index contributed by atoms with van der Waals surface area (Å²) in [6.45, 7) is 1.93. The van der Waals surface area contributed by atoms with Gasteiger partial charge < -0.3 is 15.2 Å². The van der Waals surface area contributed by atoms with Gasteiger partial charge in [0.05, 0.1) is 11.3 Å². The molecule has 30 heavy (non-hydrogen) atoms. The van der Waals surface area contributed by atoms with Crippen molar-refractivity contribution in [1.29, 1.82) is 5.26 Å². The summed E-state index contributed by atoms with van der Waals surface area (Å²) in [5, 5.41) is 21.5. The van der Waals surface area contributed by atoms with Gasteiger partial charge in [-0.3, -0.25) is 4.79 Å². The Kier molecular flexibility index (Phi) is 6.26. The van der Waals surface area contributed by atoms with Crippen molar-refractivity contribution >= 4 is 23.6 Å². The van der Waals surface area contributed by atoms with Gasteiger partial charge in [0, 0.05) is 0 Å². The third-order valence-electron chi connectivity index (χ3n) is 4.21. The summed E-state index contributed by atoms with van der Waals surface area (Å²) in [6, 6.07) is 21.5. The van der Waals surface area contributed by atoms with E-state index < -0.39 is 11.9 Å². The van der Waals surface area contributed by atoms with Gasteiger partial charge in [0.1, 0.15) is 23.1 Å². The number of hydrogen-bond acceptors (Lipinski definition) is 5. The third kappa shape index (κ3) is 5.12. The molecule has 0 aliphatic carbocycles. The molecule has 0 atom stereocenters. The minimum absolute atomic E-state index is 0.0946. The topological polar surface area (TPSA) is 99.4 Å². The molecule has 0 heterocycles. The van der Waals surface area contributed by atoms with Crippen LogP contribution in [-0.4, -0.2) is 17.0 Å². The van der Waals surface area contributed by atoms with Crippen molar-refractivity contribution in [3.8, 4) is 17.6 Å². The predicted octanol–water partition coefficient (Wildman–Crippen LogP) is 4.47. The quantitative estimate of drug-likeness (QED) is 0.217. The summed E-state index contributed by atoms with van der Waals surface area (Å²) in [6.07, 6.45) is 1.40. The number of rotatable bonds is 5. The lowest BCUT2D eigenvalue weighted by molar-refractivity contribution is -0.112. The number of aryl methyl sites for hydroxylation is 1. The smallest absolute Gasteiger partial charge is 0.343 e. The lowest BCUT2D eigenvalue weighted by atomic mass is 10.1. The molecule has 2 N–H and O–H groups in total. The van der Waals surface area contributed by atoms with E-state index in [1.54, 1.807) is 48.5 Å². The van der Waals surface area contributed by atoms with E-state index >= 15 is 0 Å². The molecule has 6 nitrogen and oxygen atoms in total. The molecular weight excluding hydrogens is 380 g/mol. The summed E-state index contributed by atoms with van der Waals surface area (Å²) in [5.74, 6) is -0.871. The normalized spacial score (nSPS) is 10.7. The van der Waals surface area contributed by atoms with Gasteiger partial charge in [0.2, 0.25) is 0 Å². The van der Waals surface area contributed by atoms with Gasteiger partial charge in [0.25, 0.3) is 5.91 Å². The first kappa shape index (κ1) is 20.4. The second-order valence-corrected chi connectivity index (χ2v) is 6.47. The molecule has 0 spiro atoms. The summed E-state index contributed by atoms with van der Waals surface area (Å²) < 4.78 is 5.33. The first-order valence-corrected chi connectivity index (χ1v) is 9.06. The van der Waals surface area contributed by atoms with Crippen molar-refractivity contribution in [2.24, 2.45) is 0 Å². The number of amides is 1. The number of aromatic hydroxyl groups is 1. The number of esters is 1. The zero-order valence-electron chi connectivity index (χ0n) is 16.1. The number of nitrogens with one attached hydrogen (secondary N) is 1. The van der Waals surface area contributed by atoms with Gasteiger partial charge in [-0.1, -0.05) is 42.0 Å². The fourth-order valence-corrected chi connectivity index (χ4v) is 2.57. The van der Waals surface area contributed by atoms with Crippen LogP contribution < -0.4 is 10.1 Å². The highest BCUT2D eigenvalue weighted by atomic mass is 16.5. The SMILES string of the molecule is Cc1ccc(C(=O)Oc2ccc(/C=C(\C#N)C(=O)Nc3ccccc3O)cc2)cc1. The Morgan fingerprint density at radius 1 is 1.00 bits per heavy atom. The zero-order chi connectivity index (χ0) is 21.5. The second-order valence-electron chi connectivity index (χ2n) is 6.47. The van der Waals surface area contributed by atoms with Crippen LogP contribution in [-0.2, 0) is 4.79 Å². The number of nitrogens with zero attached hydrogens (tertiary/aromatic N) is 1. The molecule has 3 aromatic rings. The number of hydrogen-bond donors (Lipinski definition) is 2. The number of carbonyl (C=O) groups excluding carboxylic acids is 2. The number of carbonyl (C=O) groups is 2. The average molecular weight is 398 g/mol. The van der Waals surface area contributed by atoms with E-state index in [1.807, 2.05) is 25.1 Å². The summed E-state index contributed by atoms with van der Waals surface area (Å²) in [4.78, 5) is 24.5. The number of phenolic OH excluding ortho intramolecular Hbond substituents is 1. The van der Waals surface area contributed by atoms with E-state index in [9.17, 15) is 20.0 Å². The molecule has 0 unspecified atom stereocenters. The van der Waals surface area contributed by atoms with Crippen LogP contribution in [0.3, 0.4) is 0 Å². The van der Waals surface area contributed by atoms with Gasteiger partial charge in [-0.2, -0.15) is 5.26 Å². The molecule has 3 aromatic carbocycles. The van der Waals surface area contributed by atoms with Gasteiger partial charge >= 0.3 is 5.97 Å². The molecule has 0 bridgehead atoms. The molecule has 0 saturated heterocycles. The third-order valence-corrected chi connectivity index (χ3v) is 4.21. The standard InChI is InChI=1S/C24H18N2O4/c1-16-6-10-18(11-7-16)24(29)30-20-12-8-17(9-13-20)14-19(15-25)23(28)26-21-4-2-3-5-22(21)27/h2-14,27H,1H3,(H,26,28)/b19-14+. The van der Waals surface area contributed by atoms with Gasteiger partial charge in [-0.15, -0.1) is 0 Å². The minimum atomic E-state index is -0.645. The highest BCUT2D eigenvalue weighted by Crippen LogP contribution is 2.22. The largest absolute Gasteiger partial charge is 0.506 e. The first-order chi connectivity index (χ1) is 14.5. The molecule has 0 fully saturated rings. The molecule has 3 rings (SSSR count). The van der Waals surface area contributed by atoms with Crippen molar-refractivity contribution in [2.45, 2.75) is 6.92 Å². The highest BCUT2D eigenvalue weighted by Gasteiger charge is 2.12. The Balaban J connectivity index is 1.69. The van der Waals surface area contributed by atoms with Crippen LogP contribution >= 0.6 is 0 Å². The lowest BCUT2D eigenvalue weighted by Crippen LogP contribution is -2.13. The van der Waals surface area contributed by atoms with Crippen molar-refractivity contribution in [1.82, 2.24) is 0 Å². The Bertz CT molecular complexity index is 1140. The Hall–Kier alpha value is -4.37. The highest BCUT2D eigenvalue weighted by molar-refractivity contribution is 6.10. The molecule has 148 valence electrons. The fourth-order valence-electron chi connectivity index (χ4n) is 2.57. The summed E-state index contributed by atoms with van der Waals surface area (Å²) >= 11 is 0. The Morgan fingerprint density at radius 2 is 1.67 bits per heavy atom. The predicted molar refractivity (Wildman–Crippen MR) is 113 cm³/mol. The van der Waals surface area contributed by atoms with Crippen LogP contribution in [0.1, 0.15) is 21.5 Å². The van der Waals surface area contributed by atoms with E-state index in [1.165, 1.54) is 18.2 Å². The van der Waals surface area contributed by atoms with E-state index in [-0.39, 0.29) is 17.0 Å². The van der Waals surface area contributed by atoms with Crippen molar-refractivity contribution < 1.29 is 19.4 Å². The van der Waals surface area contributed by atoms with Crippen LogP contribution in [0.2, 0.25) is 0 Å². The molecule has 1 amide bonds. The molecule has 0 aromatic heterocycles. The molecule has 0 aliphatic heterocycles. The van der Waals surface area contributed by atoms with Crippen LogP contribution in [0.25, 0.3) is 6.08 Å². The van der Waals surface area contributed by atoms with Crippen molar-refractivity contribution in [3.05, 3.63) is 95.1 Å². The molecular formula is C24H18N2O4. The Labute approximate surface area is 173 Å². The monoisotopic (exact) mass is 398 g/mol. The number of anilines is 1. The van der Waals surface area contributed by atoms with Gasteiger partial charge in [-0.25, -0.2) is 4.79 Å². The molecule has 0 saturated carbocycles. The van der Waals surface area contributed by atoms with Crippen molar-refractivity contribution in [2.75, 3.05) is 5.32 Å².